The van der Waals surface area contributed by atoms with Gasteiger partial charge in [-0.3, -0.25) is 0 Å². The van der Waals surface area contributed by atoms with Gasteiger partial charge in [0, 0.05) is 10.7 Å². The number of H-pyrrole nitrogens is 1. The minimum absolute atomic E-state index is 0.0189. The molecule has 3 aromatic rings. The average Bonchev–Trinajstić information content (AvgIpc) is 3.01. The van der Waals surface area contributed by atoms with Crippen LogP contribution in [0.1, 0.15) is 13.8 Å². The van der Waals surface area contributed by atoms with Crippen LogP contribution in [-0.4, -0.2) is 43.1 Å². The highest BCUT2D eigenvalue weighted by Gasteiger charge is 2.17. The predicted octanol–water partition coefficient (Wildman–Crippen LogP) is 2.57. The molecule has 0 amide bonds. The average molecular weight is 348 g/mol. The van der Waals surface area contributed by atoms with Gasteiger partial charge in [-0.25, -0.2) is 0 Å². The second kappa shape index (κ2) is 6.98. The Bertz CT molecular complexity index is 836. The minimum Gasteiger partial charge on any atom is -0.394 e. The van der Waals surface area contributed by atoms with Crippen molar-refractivity contribution in [1.82, 2.24) is 25.4 Å². The van der Waals surface area contributed by atoms with Gasteiger partial charge in [0.15, 0.2) is 11.3 Å². The van der Waals surface area contributed by atoms with Gasteiger partial charge in [0.1, 0.15) is 0 Å². The van der Waals surface area contributed by atoms with E-state index in [-0.39, 0.29) is 18.6 Å². The zero-order valence-electron chi connectivity index (χ0n) is 13.3. The first-order valence-corrected chi connectivity index (χ1v) is 7.93. The van der Waals surface area contributed by atoms with Gasteiger partial charge in [0.05, 0.1) is 12.6 Å². The zero-order valence-corrected chi connectivity index (χ0v) is 14.0. The van der Waals surface area contributed by atoms with Gasteiger partial charge in [-0.2, -0.15) is 20.3 Å². The number of aliphatic hydroxyl groups is 1. The molecule has 2 heterocycles. The first kappa shape index (κ1) is 16.4. The summed E-state index contributed by atoms with van der Waals surface area (Å²) in [4.78, 5) is 8.78. The van der Waals surface area contributed by atoms with Crippen LogP contribution in [0.25, 0.3) is 11.2 Å². The third kappa shape index (κ3) is 3.55. The van der Waals surface area contributed by atoms with Crippen molar-refractivity contribution in [3.05, 3.63) is 29.3 Å². The number of anilines is 3. The number of rotatable bonds is 6. The molecule has 0 aliphatic heterocycles. The molecule has 3 rings (SSSR count). The molecule has 0 aliphatic carbocycles. The fourth-order valence-corrected chi connectivity index (χ4v) is 2.38. The van der Waals surface area contributed by atoms with Crippen LogP contribution < -0.4 is 10.6 Å². The molecule has 2 aromatic heterocycles. The molecular formula is C15H18ClN7O. The van der Waals surface area contributed by atoms with E-state index in [2.05, 4.69) is 36.0 Å². The largest absolute Gasteiger partial charge is 0.394 e. The van der Waals surface area contributed by atoms with Gasteiger partial charge in [0.2, 0.25) is 11.6 Å². The molecule has 1 atom stereocenters. The number of aromatic amines is 1. The van der Waals surface area contributed by atoms with Gasteiger partial charge < -0.3 is 15.7 Å². The third-order valence-corrected chi connectivity index (χ3v) is 3.82. The summed E-state index contributed by atoms with van der Waals surface area (Å²) >= 11 is 6.01. The van der Waals surface area contributed by atoms with Crippen molar-refractivity contribution in [3.8, 4) is 0 Å². The lowest BCUT2D eigenvalue weighted by Gasteiger charge is -2.20. The third-order valence-electron chi connectivity index (χ3n) is 3.59. The highest BCUT2D eigenvalue weighted by molar-refractivity contribution is 6.30. The molecule has 126 valence electrons. The molecule has 4 N–H and O–H groups in total. The molecule has 0 saturated heterocycles. The molecule has 0 radical (unpaired) electrons. The molecule has 8 nitrogen and oxygen atoms in total. The summed E-state index contributed by atoms with van der Waals surface area (Å²) < 4.78 is 0. The normalized spacial score (nSPS) is 12.5. The van der Waals surface area contributed by atoms with Crippen molar-refractivity contribution < 1.29 is 5.11 Å². The summed E-state index contributed by atoms with van der Waals surface area (Å²) in [6.07, 6.45) is 0. The molecular weight excluding hydrogens is 330 g/mol. The summed E-state index contributed by atoms with van der Waals surface area (Å²) in [5, 5.41) is 27.0. The van der Waals surface area contributed by atoms with Crippen LogP contribution in [0.4, 0.5) is 17.5 Å². The summed E-state index contributed by atoms with van der Waals surface area (Å²) in [5.74, 6) is 1.09. The van der Waals surface area contributed by atoms with Crippen molar-refractivity contribution in [1.29, 1.82) is 0 Å². The van der Waals surface area contributed by atoms with E-state index < -0.39 is 0 Å². The molecule has 1 unspecified atom stereocenters. The van der Waals surface area contributed by atoms with Crippen molar-refractivity contribution in [2.24, 2.45) is 5.92 Å². The Labute approximate surface area is 143 Å². The van der Waals surface area contributed by atoms with Crippen molar-refractivity contribution in [2.45, 2.75) is 19.9 Å². The number of aromatic nitrogens is 5. The molecule has 0 fully saturated rings. The van der Waals surface area contributed by atoms with Crippen LogP contribution in [0.3, 0.4) is 0 Å². The number of nitrogens with one attached hydrogen (secondary N) is 3. The maximum atomic E-state index is 9.48. The van der Waals surface area contributed by atoms with E-state index in [0.29, 0.717) is 28.0 Å². The van der Waals surface area contributed by atoms with E-state index in [1.165, 1.54) is 0 Å². The van der Waals surface area contributed by atoms with Gasteiger partial charge in [-0.1, -0.05) is 31.5 Å². The zero-order chi connectivity index (χ0) is 17.1. The van der Waals surface area contributed by atoms with E-state index in [9.17, 15) is 5.11 Å². The van der Waals surface area contributed by atoms with E-state index in [0.717, 1.165) is 5.69 Å². The Morgan fingerprint density at radius 1 is 1.25 bits per heavy atom. The van der Waals surface area contributed by atoms with Crippen molar-refractivity contribution >= 4 is 40.2 Å². The summed E-state index contributed by atoms with van der Waals surface area (Å²) in [7, 11) is 0. The van der Waals surface area contributed by atoms with E-state index in [1.807, 2.05) is 26.0 Å². The Hall–Kier alpha value is -2.45. The number of hydrogen-bond donors (Lipinski definition) is 4. The number of hydrogen-bond acceptors (Lipinski definition) is 7. The molecule has 1 aromatic carbocycles. The van der Waals surface area contributed by atoms with Crippen LogP contribution in [0, 0.1) is 5.92 Å². The van der Waals surface area contributed by atoms with Crippen LogP contribution in [-0.2, 0) is 0 Å². The topological polar surface area (TPSA) is 112 Å². The molecule has 24 heavy (non-hydrogen) atoms. The predicted molar refractivity (Wildman–Crippen MR) is 93.5 cm³/mol. The summed E-state index contributed by atoms with van der Waals surface area (Å²) in [5.41, 5.74) is 1.72. The minimum atomic E-state index is -0.159. The quantitative estimate of drug-likeness (QED) is 0.542. The first-order valence-electron chi connectivity index (χ1n) is 7.55. The number of benzene rings is 1. The molecule has 0 bridgehead atoms. The second-order valence-corrected chi connectivity index (χ2v) is 6.14. The summed E-state index contributed by atoms with van der Waals surface area (Å²) in [6, 6.07) is 7.13. The van der Waals surface area contributed by atoms with E-state index in [4.69, 9.17) is 11.6 Å². The van der Waals surface area contributed by atoms with Crippen LogP contribution in [0.15, 0.2) is 24.3 Å². The first-order chi connectivity index (χ1) is 11.6. The number of nitrogens with zero attached hydrogens (tertiary/aromatic N) is 4. The molecule has 0 saturated carbocycles. The second-order valence-electron chi connectivity index (χ2n) is 5.70. The summed E-state index contributed by atoms with van der Waals surface area (Å²) in [6.45, 7) is 4.00. The highest BCUT2D eigenvalue weighted by Crippen LogP contribution is 2.24. The number of halogens is 1. The van der Waals surface area contributed by atoms with Crippen LogP contribution in [0.5, 0.6) is 0 Å². The number of fused-ring (bicyclic) bond motifs is 1. The molecule has 0 spiro atoms. The van der Waals surface area contributed by atoms with Gasteiger partial charge in [-0.05, 0) is 24.1 Å². The van der Waals surface area contributed by atoms with Crippen molar-refractivity contribution in [3.63, 3.8) is 0 Å². The Balaban J connectivity index is 1.95. The standard InChI is InChI=1S/C15H18ClN7O/c1-8(2)11(7-24)18-15-19-13(12-14(20-15)22-23-21-12)17-10-5-3-4-9(16)6-10/h3-6,8,11,24H,7H2,1-2H3,(H3,17,18,19,20,21,22,23). The lowest BCUT2D eigenvalue weighted by molar-refractivity contribution is 0.248. The van der Waals surface area contributed by atoms with E-state index >= 15 is 0 Å². The monoisotopic (exact) mass is 347 g/mol. The lowest BCUT2D eigenvalue weighted by atomic mass is 10.1. The number of aliphatic hydroxyl groups excluding tert-OH is 1. The smallest absolute Gasteiger partial charge is 0.227 e. The maximum Gasteiger partial charge on any atom is 0.227 e. The SMILES string of the molecule is CC(C)C(CO)Nc1nc(Nc2cccc(Cl)c2)c2n[nH]nc2n1. The Kier molecular flexibility index (Phi) is 4.77. The van der Waals surface area contributed by atoms with Gasteiger partial charge in [-0.15, -0.1) is 5.10 Å². The maximum absolute atomic E-state index is 9.48. The molecule has 9 heteroatoms. The molecule has 0 aliphatic rings. The van der Waals surface area contributed by atoms with Crippen LogP contribution in [0.2, 0.25) is 5.02 Å². The van der Waals surface area contributed by atoms with E-state index in [1.54, 1.807) is 12.1 Å². The van der Waals surface area contributed by atoms with Crippen LogP contribution >= 0.6 is 11.6 Å². The fourth-order valence-electron chi connectivity index (χ4n) is 2.19. The Morgan fingerprint density at radius 3 is 2.79 bits per heavy atom. The highest BCUT2D eigenvalue weighted by atomic mass is 35.5. The van der Waals surface area contributed by atoms with Crippen molar-refractivity contribution in [2.75, 3.05) is 17.2 Å². The van der Waals surface area contributed by atoms with Gasteiger partial charge >= 0.3 is 0 Å². The Morgan fingerprint density at radius 2 is 2.08 bits per heavy atom. The lowest BCUT2D eigenvalue weighted by Crippen LogP contribution is -2.30. The fraction of sp³-hybridized carbons (Fsp3) is 0.333. The van der Waals surface area contributed by atoms with Gasteiger partial charge in [0.25, 0.3) is 0 Å².